The smallest absolute Gasteiger partial charge is 0.274 e. The maximum absolute atomic E-state index is 11.8. The van der Waals surface area contributed by atoms with Crippen molar-refractivity contribution in [2.45, 2.75) is 6.92 Å². The maximum atomic E-state index is 11.8. The number of anilines is 1. The molecule has 0 aromatic carbocycles. The molecule has 0 bridgehead atoms. The Bertz CT molecular complexity index is 373. The van der Waals surface area contributed by atoms with Crippen LogP contribution in [0.3, 0.4) is 0 Å². The Labute approximate surface area is 86.4 Å². The van der Waals surface area contributed by atoms with Crippen molar-refractivity contribution in [1.82, 2.24) is 15.1 Å². The minimum Gasteiger partial charge on any atom is -0.396 e. The summed E-state index contributed by atoms with van der Waals surface area (Å²) < 4.78 is 0. The number of carbonyl (C=O) groups is 2. The molecule has 0 radical (unpaired) electrons. The third kappa shape index (κ3) is 2.46. The molecule has 1 rings (SSSR count). The van der Waals surface area contributed by atoms with Crippen molar-refractivity contribution in [3.05, 3.63) is 11.9 Å². The molecule has 7 heteroatoms. The molecule has 0 aliphatic carbocycles. The van der Waals surface area contributed by atoms with Gasteiger partial charge in [0.15, 0.2) is 0 Å². The van der Waals surface area contributed by atoms with E-state index in [1.54, 1.807) is 6.92 Å². The molecule has 0 spiro atoms. The predicted octanol–water partition coefficient (Wildman–Crippen LogP) is -1.06. The average Bonchev–Trinajstić information content (AvgIpc) is 2.59. The number of carbonyl (C=O) groups excluding carboxylic acids is 2. The van der Waals surface area contributed by atoms with E-state index in [4.69, 9.17) is 11.5 Å². The Morgan fingerprint density at radius 1 is 1.60 bits per heavy atom. The monoisotopic (exact) mass is 211 g/mol. The molecule has 1 aromatic rings. The van der Waals surface area contributed by atoms with E-state index >= 15 is 0 Å². The number of nitrogens with zero attached hydrogens (tertiary/aromatic N) is 2. The van der Waals surface area contributed by atoms with Crippen molar-refractivity contribution >= 4 is 17.5 Å². The minimum absolute atomic E-state index is 0.131. The van der Waals surface area contributed by atoms with Crippen molar-refractivity contribution < 1.29 is 9.59 Å². The summed E-state index contributed by atoms with van der Waals surface area (Å²) in [5.74, 6) is -0.949. The van der Waals surface area contributed by atoms with Crippen LogP contribution in [0.5, 0.6) is 0 Å². The highest BCUT2D eigenvalue weighted by Gasteiger charge is 2.19. The van der Waals surface area contributed by atoms with Gasteiger partial charge in [-0.1, -0.05) is 0 Å². The summed E-state index contributed by atoms with van der Waals surface area (Å²) in [6, 6.07) is 0. The fourth-order valence-electron chi connectivity index (χ4n) is 1.14. The third-order valence-corrected chi connectivity index (χ3v) is 1.90. The van der Waals surface area contributed by atoms with Gasteiger partial charge in [-0.3, -0.25) is 14.7 Å². The van der Waals surface area contributed by atoms with Crippen molar-refractivity contribution in [1.29, 1.82) is 0 Å². The fourth-order valence-corrected chi connectivity index (χ4v) is 1.14. The molecule has 82 valence electrons. The number of nitrogen functional groups attached to an aromatic ring is 1. The molecule has 1 heterocycles. The summed E-state index contributed by atoms with van der Waals surface area (Å²) in [5.41, 5.74) is 10.9. The highest BCUT2D eigenvalue weighted by molar-refractivity contribution is 5.98. The molecule has 0 aliphatic rings. The lowest BCUT2D eigenvalue weighted by Crippen LogP contribution is -2.38. The van der Waals surface area contributed by atoms with Crippen LogP contribution in [0.15, 0.2) is 6.20 Å². The van der Waals surface area contributed by atoms with E-state index in [-0.39, 0.29) is 23.8 Å². The molecular formula is C8H13N5O2. The zero-order valence-electron chi connectivity index (χ0n) is 8.36. The van der Waals surface area contributed by atoms with Crippen LogP contribution in [0.25, 0.3) is 0 Å². The fraction of sp³-hybridized carbons (Fsp3) is 0.375. The second-order valence-corrected chi connectivity index (χ2v) is 2.99. The molecule has 0 aliphatic heterocycles. The number of hydrogen-bond acceptors (Lipinski definition) is 4. The lowest BCUT2D eigenvalue weighted by atomic mass is 10.3. The maximum Gasteiger partial charge on any atom is 0.274 e. The number of H-pyrrole nitrogens is 1. The van der Waals surface area contributed by atoms with Gasteiger partial charge in [-0.25, -0.2) is 0 Å². The number of aromatic amines is 1. The summed E-state index contributed by atoms with van der Waals surface area (Å²) >= 11 is 0. The largest absolute Gasteiger partial charge is 0.396 e. The molecule has 0 unspecified atom stereocenters. The Hall–Kier alpha value is -2.05. The zero-order valence-corrected chi connectivity index (χ0v) is 8.36. The van der Waals surface area contributed by atoms with Gasteiger partial charge in [-0.05, 0) is 6.92 Å². The first-order valence-corrected chi connectivity index (χ1v) is 4.42. The van der Waals surface area contributed by atoms with Gasteiger partial charge in [0, 0.05) is 6.54 Å². The topological polar surface area (TPSA) is 118 Å². The van der Waals surface area contributed by atoms with Crippen molar-refractivity contribution in [3.63, 3.8) is 0 Å². The van der Waals surface area contributed by atoms with Gasteiger partial charge in [0.25, 0.3) is 5.91 Å². The van der Waals surface area contributed by atoms with E-state index in [1.165, 1.54) is 11.1 Å². The first-order valence-electron chi connectivity index (χ1n) is 4.42. The zero-order chi connectivity index (χ0) is 11.4. The van der Waals surface area contributed by atoms with Gasteiger partial charge < -0.3 is 16.4 Å². The number of aromatic nitrogens is 2. The van der Waals surface area contributed by atoms with Crippen LogP contribution >= 0.6 is 0 Å². The van der Waals surface area contributed by atoms with Crippen LogP contribution in [0, 0.1) is 0 Å². The first kappa shape index (κ1) is 11.0. The second kappa shape index (κ2) is 4.45. The number of rotatable bonds is 4. The van der Waals surface area contributed by atoms with E-state index in [0.29, 0.717) is 6.54 Å². The number of hydrogen-bond donors (Lipinski definition) is 3. The number of nitrogens with one attached hydrogen (secondary N) is 1. The molecule has 0 fully saturated rings. The van der Waals surface area contributed by atoms with E-state index in [1.807, 2.05) is 0 Å². The Morgan fingerprint density at radius 2 is 2.27 bits per heavy atom. The van der Waals surface area contributed by atoms with Crippen LogP contribution in [-0.2, 0) is 4.79 Å². The Kier molecular flexibility index (Phi) is 3.27. The molecule has 0 saturated carbocycles. The van der Waals surface area contributed by atoms with Crippen LogP contribution in [0.4, 0.5) is 5.69 Å². The summed E-state index contributed by atoms with van der Waals surface area (Å²) in [4.78, 5) is 23.7. The normalized spacial score (nSPS) is 9.93. The van der Waals surface area contributed by atoms with Crippen molar-refractivity contribution in [2.75, 3.05) is 18.8 Å². The highest BCUT2D eigenvalue weighted by Crippen LogP contribution is 2.09. The van der Waals surface area contributed by atoms with Crippen LogP contribution in [-0.4, -0.2) is 40.0 Å². The molecule has 2 amide bonds. The van der Waals surface area contributed by atoms with Gasteiger partial charge in [0.05, 0.1) is 18.4 Å². The Morgan fingerprint density at radius 3 is 2.67 bits per heavy atom. The number of amides is 2. The lowest BCUT2D eigenvalue weighted by molar-refractivity contribution is -0.118. The van der Waals surface area contributed by atoms with E-state index in [9.17, 15) is 9.59 Å². The lowest BCUT2D eigenvalue weighted by Gasteiger charge is -2.18. The number of likely N-dealkylation sites (N-methyl/N-ethyl adjacent to an activating group) is 1. The summed E-state index contributed by atoms with van der Waals surface area (Å²) in [5, 5.41) is 6.10. The summed E-state index contributed by atoms with van der Waals surface area (Å²) in [7, 11) is 0. The van der Waals surface area contributed by atoms with Crippen LogP contribution in [0.1, 0.15) is 17.4 Å². The number of primary amides is 1. The van der Waals surface area contributed by atoms with Gasteiger partial charge in [0.2, 0.25) is 5.91 Å². The van der Waals surface area contributed by atoms with Gasteiger partial charge in [-0.15, -0.1) is 0 Å². The van der Waals surface area contributed by atoms with E-state index in [2.05, 4.69) is 10.2 Å². The van der Waals surface area contributed by atoms with E-state index < -0.39 is 5.91 Å². The van der Waals surface area contributed by atoms with E-state index in [0.717, 1.165) is 0 Å². The molecular weight excluding hydrogens is 198 g/mol. The van der Waals surface area contributed by atoms with Gasteiger partial charge in [-0.2, -0.15) is 5.10 Å². The summed E-state index contributed by atoms with van der Waals surface area (Å²) in [6.07, 6.45) is 1.34. The summed E-state index contributed by atoms with van der Waals surface area (Å²) in [6.45, 7) is 1.99. The third-order valence-electron chi connectivity index (χ3n) is 1.90. The number of nitrogens with two attached hydrogens (primary N) is 2. The van der Waals surface area contributed by atoms with Crippen molar-refractivity contribution in [2.24, 2.45) is 5.73 Å². The van der Waals surface area contributed by atoms with Crippen molar-refractivity contribution in [3.8, 4) is 0 Å². The molecule has 15 heavy (non-hydrogen) atoms. The predicted molar refractivity (Wildman–Crippen MR) is 53.8 cm³/mol. The SMILES string of the molecule is CCN(CC(N)=O)C(=O)c1[nH]ncc1N. The molecule has 5 N–H and O–H groups in total. The molecule has 7 nitrogen and oxygen atoms in total. The molecule has 0 saturated heterocycles. The quantitative estimate of drug-likeness (QED) is 0.588. The molecule has 0 atom stereocenters. The van der Waals surface area contributed by atoms with Gasteiger partial charge >= 0.3 is 0 Å². The average molecular weight is 211 g/mol. The first-order chi connectivity index (χ1) is 7.06. The van der Waals surface area contributed by atoms with Crippen LogP contribution in [0.2, 0.25) is 0 Å². The molecule has 1 aromatic heterocycles. The minimum atomic E-state index is -0.566. The Balaban J connectivity index is 2.82. The standard InChI is InChI=1S/C8H13N5O2/c1-2-13(4-6(10)14)8(15)7-5(9)3-11-12-7/h3H,2,4,9H2,1H3,(H2,10,14)(H,11,12). The highest BCUT2D eigenvalue weighted by atomic mass is 16.2. The van der Waals surface area contributed by atoms with Crippen LogP contribution < -0.4 is 11.5 Å². The second-order valence-electron chi connectivity index (χ2n) is 2.99. The van der Waals surface area contributed by atoms with Gasteiger partial charge in [0.1, 0.15) is 5.69 Å².